The summed E-state index contributed by atoms with van der Waals surface area (Å²) in [5.41, 5.74) is 4.18. The van der Waals surface area contributed by atoms with Crippen LogP contribution in [0, 0.1) is 0 Å². The molecular weight excluding hydrogens is 374 g/mol. The number of hydrogen-bond acceptors (Lipinski definition) is 7. The molecule has 144 valence electrons. The fourth-order valence-corrected chi connectivity index (χ4v) is 4.04. The van der Waals surface area contributed by atoms with Gasteiger partial charge in [-0.1, -0.05) is 6.92 Å². The van der Waals surface area contributed by atoms with E-state index in [-0.39, 0.29) is 0 Å². The SMILES string of the molecule is CCc1nc(-c2ncccn2)nc2c1CN(c1ccc(S(C)(=O)=O)cc1)CC2. The topological polar surface area (TPSA) is 88.9 Å². The molecule has 0 aliphatic carbocycles. The highest BCUT2D eigenvalue weighted by atomic mass is 32.2. The zero-order chi connectivity index (χ0) is 19.7. The van der Waals surface area contributed by atoms with Gasteiger partial charge < -0.3 is 4.90 Å². The quantitative estimate of drug-likeness (QED) is 0.670. The molecule has 7 nitrogen and oxygen atoms in total. The maximum atomic E-state index is 11.7. The molecule has 3 aromatic rings. The van der Waals surface area contributed by atoms with E-state index in [4.69, 9.17) is 9.97 Å². The second-order valence-electron chi connectivity index (χ2n) is 6.78. The van der Waals surface area contributed by atoms with Gasteiger partial charge >= 0.3 is 0 Å². The van der Waals surface area contributed by atoms with Crippen molar-refractivity contribution >= 4 is 15.5 Å². The van der Waals surface area contributed by atoms with E-state index >= 15 is 0 Å². The molecule has 0 saturated carbocycles. The van der Waals surface area contributed by atoms with Gasteiger partial charge in [-0.2, -0.15) is 0 Å². The van der Waals surface area contributed by atoms with Crippen molar-refractivity contribution in [3.05, 3.63) is 59.7 Å². The van der Waals surface area contributed by atoms with E-state index < -0.39 is 9.84 Å². The van der Waals surface area contributed by atoms with Gasteiger partial charge in [0, 0.05) is 55.1 Å². The Morgan fingerprint density at radius 2 is 1.75 bits per heavy atom. The van der Waals surface area contributed by atoms with E-state index in [1.807, 2.05) is 12.1 Å². The normalized spacial score (nSPS) is 14.0. The van der Waals surface area contributed by atoms with E-state index in [2.05, 4.69) is 21.8 Å². The molecule has 2 aromatic heterocycles. The highest BCUT2D eigenvalue weighted by molar-refractivity contribution is 7.90. The zero-order valence-electron chi connectivity index (χ0n) is 15.8. The molecule has 0 atom stereocenters. The van der Waals surface area contributed by atoms with Crippen molar-refractivity contribution in [2.24, 2.45) is 0 Å². The van der Waals surface area contributed by atoms with Gasteiger partial charge in [-0.3, -0.25) is 0 Å². The minimum Gasteiger partial charge on any atom is -0.367 e. The third kappa shape index (κ3) is 3.60. The van der Waals surface area contributed by atoms with Crippen LogP contribution in [0.15, 0.2) is 47.6 Å². The Bertz CT molecular complexity index is 1080. The number of sulfone groups is 1. The van der Waals surface area contributed by atoms with Gasteiger partial charge in [0.2, 0.25) is 0 Å². The maximum absolute atomic E-state index is 11.7. The van der Waals surface area contributed by atoms with Crippen molar-refractivity contribution in [3.8, 4) is 11.6 Å². The van der Waals surface area contributed by atoms with Crippen molar-refractivity contribution in [3.63, 3.8) is 0 Å². The third-order valence-corrected chi connectivity index (χ3v) is 6.01. The number of fused-ring (bicyclic) bond motifs is 1. The van der Waals surface area contributed by atoms with Crippen molar-refractivity contribution in [2.75, 3.05) is 17.7 Å². The second-order valence-corrected chi connectivity index (χ2v) is 8.80. The third-order valence-electron chi connectivity index (χ3n) is 4.88. The predicted octanol–water partition coefficient (Wildman–Crippen LogP) is 2.46. The summed E-state index contributed by atoms with van der Waals surface area (Å²) in [6.45, 7) is 3.59. The average molecular weight is 395 g/mol. The number of benzene rings is 1. The van der Waals surface area contributed by atoms with Crippen LogP contribution in [0.4, 0.5) is 5.69 Å². The summed E-state index contributed by atoms with van der Waals surface area (Å²) in [6, 6.07) is 8.82. The minimum atomic E-state index is -3.19. The van der Waals surface area contributed by atoms with Crippen LogP contribution in [0.1, 0.15) is 23.9 Å². The Hall–Kier alpha value is -2.87. The summed E-state index contributed by atoms with van der Waals surface area (Å²) < 4.78 is 23.4. The molecule has 0 unspecified atom stereocenters. The first-order chi connectivity index (χ1) is 13.5. The van der Waals surface area contributed by atoms with Gasteiger partial charge in [-0.25, -0.2) is 28.4 Å². The Labute approximate surface area is 164 Å². The first-order valence-electron chi connectivity index (χ1n) is 9.17. The molecule has 8 heteroatoms. The summed E-state index contributed by atoms with van der Waals surface area (Å²) in [7, 11) is -3.19. The molecule has 0 amide bonds. The number of aromatic nitrogens is 4. The summed E-state index contributed by atoms with van der Waals surface area (Å²) >= 11 is 0. The van der Waals surface area contributed by atoms with Crippen molar-refractivity contribution in [1.82, 2.24) is 19.9 Å². The molecule has 0 saturated heterocycles. The minimum absolute atomic E-state index is 0.332. The zero-order valence-corrected chi connectivity index (χ0v) is 16.6. The van der Waals surface area contributed by atoms with Crippen LogP contribution in [0.3, 0.4) is 0 Å². The number of hydrogen-bond donors (Lipinski definition) is 0. The molecule has 1 aromatic carbocycles. The monoisotopic (exact) mass is 395 g/mol. The van der Waals surface area contributed by atoms with E-state index in [9.17, 15) is 8.42 Å². The average Bonchev–Trinajstić information content (AvgIpc) is 2.72. The summed E-state index contributed by atoms with van der Waals surface area (Å²) in [5.74, 6) is 1.11. The first-order valence-corrected chi connectivity index (χ1v) is 11.1. The van der Waals surface area contributed by atoms with Gasteiger partial charge in [0.1, 0.15) is 0 Å². The fraction of sp³-hybridized carbons (Fsp3) is 0.300. The van der Waals surface area contributed by atoms with Crippen LogP contribution >= 0.6 is 0 Å². The molecule has 0 radical (unpaired) electrons. The van der Waals surface area contributed by atoms with Gasteiger partial charge in [-0.15, -0.1) is 0 Å². The second kappa shape index (κ2) is 7.27. The molecular formula is C20H21N5O2S. The molecule has 0 fully saturated rings. The molecule has 1 aliphatic rings. The summed E-state index contributed by atoms with van der Waals surface area (Å²) in [4.78, 5) is 20.5. The Balaban J connectivity index is 1.65. The number of nitrogens with zero attached hydrogens (tertiary/aromatic N) is 5. The van der Waals surface area contributed by atoms with Crippen LogP contribution in [0.25, 0.3) is 11.6 Å². The maximum Gasteiger partial charge on any atom is 0.198 e. The molecule has 28 heavy (non-hydrogen) atoms. The van der Waals surface area contributed by atoms with Gasteiger partial charge in [0.05, 0.1) is 10.6 Å². The summed E-state index contributed by atoms with van der Waals surface area (Å²) in [6.07, 6.45) is 6.19. The van der Waals surface area contributed by atoms with Crippen molar-refractivity contribution in [1.29, 1.82) is 0 Å². The molecule has 4 rings (SSSR count). The van der Waals surface area contributed by atoms with Crippen LogP contribution < -0.4 is 4.90 Å². The van der Waals surface area contributed by atoms with E-state index in [1.54, 1.807) is 30.6 Å². The predicted molar refractivity (Wildman–Crippen MR) is 107 cm³/mol. The van der Waals surface area contributed by atoms with Gasteiger partial charge in [0.25, 0.3) is 0 Å². The lowest BCUT2D eigenvalue weighted by atomic mass is 10.0. The van der Waals surface area contributed by atoms with Crippen LogP contribution in [-0.4, -0.2) is 41.2 Å². The molecule has 0 spiro atoms. The Morgan fingerprint density at radius 3 is 2.39 bits per heavy atom. The van der Waals surface area contributed by atoms with Crippen molar-refractivity contribution in [2.45, 2.75) is 31.2 Å². The number of aryl methyl sites for hydroxylation is 1. The summed E-state index contributed by atoms with van der Waals surface area (Å²) in [5, 5.41) is 0. The molecule has 0 N–H and O–H groups in total. The van der Waals surface area contributed by atoms with Crippen LogP contribution in [0.5, 0.6) is 0 Å². The lowest BCUT2D eigenvalue weighted by Gasteiger charge is -2.31. The first kappa shape index (κ1) is 18.5. The molecule has 3 heterocycles. The lowest BCUT2D eigenvalue weighted by Crippen LogP contribution is -2.32. The van der Waals surface area contributed by atoms with Crippen molar-refractivity contribution < 1.29 is 8.42 Å². The highest BCUT2D eigenvalue weighted by Gasteiger charge is 2.23. The van der Waals surface area contributed by atoms with Gasteiger partial charge in [-0.05, 0) is 36.8 Å². The number of anilines is 1. The highest BCUT2D eigenvalue weighted by Crippen LogP contribution is 2.27. The van der Waals surface area contributed by atoms with Gasteiger partial charge in [0.15, 0.2) is 21.5 Å². The molecule has 1 aliphatic heterocycles. The van der Waals surface area contributed by atoms with E-state index in [1.165, 1.54) is 6.26 Å². The van der Waals surface area contributed by atoms with E-state index in [0.717, 1.165) is 42.0 Å². The number of rotatable bonds is 4. The van der Waals surface area contributed by atoms with Crippen LogP contribution in [0.2, 0.25) is 0 Å². The lowest BCUT2D eigenvalue weighted by molar-refractivity contribution is 0.602. The molecule has 0 bridgehead atoms. The smallest absolute Gasteiger partial charge is 0.198 e. The fourth-order valence-electron chi connectivity index (χ4n) is 3.41. The Morgan fingerprint density at radius 1 is 1.04 bits per heavy atom. The van der Waals surface area contributed by atoms with E-state index in [0.29, 0.717) is 23.1 Å². The Kier molecular flexibility index (Phi) is 4.80. The standard InChI is InChI=1S/C20H21N5O2S/c1-3-17-16-13-25(14-5-7-15(8-6-14)28(2,26)27)12-9-18(16)24-20(23-17)19-21-10-4-11-22-19/h4-8,10-11H,3,9,12-13H2,1-2H3. The van der Waals surface area contributed by atoms with Crippen LogP contribution in [-0.2, 0) is 29.2 Å². The largest absolute Gasteiger partial charge is 0.367 e.